The lowest BCUT2D eigenvalue weighted by atomic mass is 10.00. The summed E-state index contributed by atoms with van der Waals surface area (Å²) < 4.78 is 0. The minimum Gasteiger partial charge on any atom is -0.481 e. The van der Waals surface area contributed by atoms with Crippen molar-refractivity contribution in [2.75, 3.05) is 0 Å². The maximum absolute atomic E-state index is 10.8. The number of rotatable bonds is 18. The SMILES string of the molecule is C=CC(CCCCCCCCCCCCCCCCC)C(=O)O. The van der Waals surface area contributed by atoms with Crippen molar-refractivity contribution in [2.24, 2.45) is 5.92 Å². The summed E-state index contributed by atoms with van der Waals surface area (Å²) in [5.41, 5.74) is 0. The molecule has 0 aromatic heterocycles. The third kappa shape index (κ3) is 15.9. The van der Waals surface area contributed by atoms with E-state index in [2.05, 4.69) is 13.5 Å². The molecule has 1 atom stereocenters. The van der Waals surface area contributed by atoms with Gasteiger partial charge in [0.15, 0.2) is 0 Å². The van der Waals surface area contributed by atoms with E-state index in [0.717, 1.165) is 19.3 Å². The molecule has 0 aliphatic rings. The molecule has 0 aliphatic heterocycles. The summed E-state index contributed by atoms with van der Waals surface area (Å²) in [5, 5.41) is 8.92. The second-order valence-electron chi connectivity index (χ2n) is 6.92. The normalized spacial score (nSPS) is 12.2. The largest absolute Gasteiger partial charge is 0.481 e. The van der Waals surface area contributed by atoms with Crippen LogP contribution in [0.25, 0.3) is 0 Å². The summed E-state index contributed by atoms with van der Waals surface area (Å²) in [6.07, 6.45) is 22.5. The molecular formula is C21H40O2. The predicted molar refractivity (Wildman–Crippen MR) is 101 cm³/mol. The van der Waals surface area contributed by atoms with E-state index in [0.29, 0.717) is 0 Å². The molecule has 136 valence electrons. The maximum atomic E-state index is 10.8. The zero-order valence-corrected chi connectivity index (χ0v) is 15.5. The van der Waals surface area contributed by atoms with Crippen molar-refractivity contribution in [3.05, 3.63) is 12.7 Å². The van der Waals surface area contributed by atoms with Crippen LogP contribution < -0.4 is 0 Å². The molecule has 0 amide bonds. The summed E-state index contributed by atoms with van der Waals surface area (Å²) in [4.78, 5) is 10.8. The van der Waals surface area contributed by atoms with Gasteiger partial charge in [-0.25, -0.2) is 0 Å². The first kappa shape index (κ1) is 22.2. The Hall–Kier alpha value is -0.790. The van der Waals surface area contributed by atoms with E-state index in [1.165, 1.54) is 83.5 Å². The molecule has 0 aliphatic carbocycles. The molecule has 0 aromatic carbocycles. The standard InChI is InChI=1S/C21H40O2/c1-3-5-6-7-8-9-10-11-12-13-14-15-16-17-18-19-20(4-2)21(22)23/h4,20H,2-3,5-19H2,1H3,(H,22,23). The highest BCUT2D eigenvalue weighted by Crippen LogP contribution is 2.15. The van der Waals surface area contributed by atoms with Crippen molar-refractivity contribution in [1.82, 2.24) is 0 Å². The van der Waals surface area contributed by atoms with Crippen molar-refractivity contribution in [2.45, 2.75) is 110 Å². The van der Waals surface area contributed by atoms with E-state index in [1.807, 2.05) is 0 Å². The van der Waals surface area contributed by atoms with Crippen LogP contribution in [0.4, 0.5) is 0 Å². The summed E-state index contributed by atoms with van der Waals surface area (Å²) in [6.45, 7) is 5.86. The molecule has 0 bridgehead atoms. The second-order valence-corrected chi connectivity index (χ2v) is 6.92. The maximum Gasteiger partial charge on any atom is 0.310 e. The molecule has 0 spiro atoms. The van der Waals surface area contributed by atoms with Crippen LogP contribution in [0.15, 0.2) is 12.7 Å². The Bertz CT molecular complexity index is 273. The third-order valence-electron chi connectivity index (χ3n) is 4.72. The Balaban J connectivity index is 3.13. The number of hydrogen-bond donors (Lipinski definition) is 1. The van der Waals surface area contributed by atoms with Gasteiger partial charge in [0.1, 0.15) is 0 Å². The van der Waals surface area contributed by atoms with Gasteiger partial charge >= 0.3 is 5.97 Å². The molecule has 23 heavy (non-hydrogen) atoms. The Morgan fingerprint density at radius 2 is 1.13 bits per heavy atom. The number of hydrogen-bond acceptors (Lipinski definition) is 1. The topological polar surface area (TPSA) is 37.3 Å². The smallest absolute Gasteiger partial charge is 0.310 e. The second kappa shape index (κ2) is 17.6. The lowest BCUT2D eigenvalue weighted by Gasteiger charge is -2.06. The molecule has 0 aromatic rings. The minimum atomic E-state index is -0.731. The fourth-order valence-corrected chi connectivity index (χ4v) is 3.08. The lowest BCUT2D eigenvalue weighted by Crippen LogP contribution is -2.10. The zero-order chi connectivity index (χ0) is 17.2. The third-order valence-corrected chi connectivity index (χ3v) is 4.72. The Morgan fingerprint density at radius 1 is 0.783 bits per heavy atom. The van der Waals surface area contributed by atoms with E-state index in [1.54, 1.807) is 6.08 Å². The zero-order valence-electron chi connectivity index (χ0n) is 15.5. The lowest BCUT2D eigenvalue weighted by molar-refractivity contribution is -0.140. The van der Waals surface area contributed by atoms with Crippen molar-refractivity contribution < 1.29 is 9.90 Å². The van der Waals surface area contributed by atoms with Crippen molar-refractivity contribution in [3.63, 3.8) is 0 Å². The van der Waals surface area contributed by atoms with Gasteiger partial charge in [0.25, 0.3) is 0 Å². The molecule has 0 heterocycles. The number of carboxylic acid groups (broad SMARTS) is 1. The van der Waals surface area contributed by atoms with Gasteiger partial charge in [0, 0.05) is 0 Å². The Labute approximate surface area is 144 Å². The quantitative estimate of drug-likeness (QED) is 0.215. The van der Waals surface area contributed by atoms with E-state index in [4.69, 9.17) is 5.11 Å². The van der Waals surface area contributed by atoms with Crippen LogP contribution in [0.2, 0.25) is 0 Å². The number of carboxylic acids is 1. The highest BCUT2D eigenvalue weighted by Gasteiger charge is 2.11. The average Bonchev–Trinajstić information content (AvgIpc) is 2.54. The fraction of sp³-hybridized carbons (Fsp3) is 0.857. The summed E-state index contributed by atoms with van der Waals surface area (Å²) in [7, 11) is 0. The van der Waals surface area contributed by atoms with Crippen LogP contribution in [-0.2, 0) is 4.79 Å². The average molecular weight is 325 g/mol. The van der Waals surface area contributed by atoms with Gasteiger partial charge in [-0.3, -0.25) is 4.79 Å². The Morgan fingerprint density at radius 3 is 1.43 bits per heavy atom. The van der Waals surface area contributed by atoms with Crippen LogP contribution in [0.3, 0.4) is 0 Å². The fourth-order valence-electron chi connectivity index (χ4n) is 3.08. The van der Waals surface area contributed by atoms with E-state index in [9.17, 15) is 4.79 Å². The highest BCUT2D eigenvalue weighted by molar-refractivity contribution is 5.71. The number of carbonyl (C=O) groups is 1. The van der Waals surface area contributed by atoms with E-state index < -0.39 is 5.97 Å². The first-order valence-corrected chi connectivity index (χ1v) is 10.1. The molecule has 2 nitrogen and oxygen atoms in total. The highest BCUT2D eigenvalue weighted by atomic mass is 16.4. The monoisotopic (exact) mass is 324 g/mol. The van der Waals surface area contributed by atoms with Gasteiger partial charge in [0.2, 0.25) is 0 Å². The van der Waals surface area contributed by atoms with Gasteiger partial charge < -0.3 is 5.11 Å². The van der Waals surface area contributed by atoms with Crippen LogP contribution in [0.1, 0.15) is 110 Å². The molecular weight excluding hydrogens is 284 g/mol. The van der Waals surface area contributed by atoms with Crippen LogP contribution in [-0.4, -0.2) is 11.1 Å². The predicted octanol–water partition coefficient (Wildman–Crippen LogP) is 7.13. The van der Waals surface area contributed by atoms with Crippen molar-refractivity contribution in [1.29, 1.82) is 0 Å². The molecule has 0 rings (SSSR count). The van der Waals surface area contributed by atoms with Crippen LogP contribution in [0, 0.1) is 5.92 Å². The molecule has 0 saturated carbocycles. The summed E-state index contributed by atoms with van der Waals surface area (Å²) >= 11 is 0. The first-order chi connectivity index (χ1) is 11.2. The number of unbranched alkanes of at least 4 members (excludes halogenated alkanes) is 14. The summed E-state index contributed by atoms with van der Waals surface area (Å²) in [6, 6.07) is 0. The molecule has 0 saturated heterocycles. The van der Waals surface area contributed by atoms with Crippen molar-refractivity contribution >= 4 is 5.97 Å². The first-order valence-electron chi connectivity index (χ1n) is 10.1. The van der Waals surface area contributed by atoms with Crippen molar-refractivity contribution in [3.8, 4) is 0 Å². The van der Waals surface area contributed by atoms with E-state index >= 15 is 0 Å². The summed E-state index contributed by atoms with van der Waals surface area (Å²) in [5.74, 6) is -1.08. The van der Waals surface area contributed by atoms with Gasteiger partial charge in [-0.05, 0) is 6.42 Å². The molecule has 0 fully saturated rings. The minimum absolute atomic E-state index is 0.350. The van der Waals surface area contributed by atoms with Crippen LogP contribution >= 0.6 is 0 Å². The van der Waals surface area contributed by atoms with Gasteiger partial charge in [-0.1, -0.05) is 109 Å². The van der Waals surface area contributed by atoms with Gasteiger partial charge in [-0.15, -0.1) is 6.58 Å². The molecule has 2 heteroatoms. The number of aliphatic carboxylic acids is 1. The molecule has 0 radical (unpaired) electrons. The molecule has 1 N–H and O–H groups in total. The van der Waals surface area contributed by atoms with Gasteiger partial charge in [0.05, 0.1) is 5.92 Å². The Kier molecular flexibility index (Phi) is 17.0. The van der Waals surface area contributed by atoms with Crippen LogP contribution in [0.5, 0.6) is 0 Å². The molecule has 1 unspecified atom stereocenters. The van der Waals surface area contributed by atoms with Gasteiger partial charge in [-0.2, -0.15) is 0 Å². The van der Waals surface area contributed by atoms with E-state index in [-0.39, 0.29) is 5.92 Å².